The fourth-order valence-corrected chi connectivity index (χ4v) is 13.7. The number of rotatable bonds is 16. The summed E-state index contributed by atoms with van der Waals surface area (Å²) in [5.74, 6) is -6.37. The first-order valence-electron chi connectivity index (χ1n) is 23.3. The van der Waals surface area contributed by atoms with Gasteiger partial charge in [0.05, 0.1) is 10.9 Å². The molecule has 0 radical (unpaired) electrons. The quantitative estimate of drug-likeness (QED) is 0.0729. The van der Waals surface area contributed by atoms with Crippen LogP contribution in [0.25, 0.3) is 10.1 Å². The van der Waals surface area contributed by atoms with E-state index in [4.69, 9.17) is 9.26 Å². The van der Waals surface area contributed by atoms with Crippen molar-refractivity contribution in [1.29, 1.82) is 0 Å². The van der Waals surface area contributed by atoms with Crippen LogP contribution in [0.2, 0.25) is 0 Å². The number of fused-ring (bicyclic) bond motifs is 2. The number of aliphatic hydroxyl groups is 1. The van der Waals surface area contributed by atoms with Gasteiger partial charge >= 0.3 is 13.7 Å². The van der Waals surface area contributed by atoms with E-state index >= 15 is 4.39 Å². The second kappa shape index (κ2) is 19.7. The summed E-state index contributed by atoms with van der Waals surface area (Å²) < 4.78 is 109. The molecule has 3 aromatic rings. The number of carbonyl (C=O) groups is 3. The largest absolute Gasteiger partial charge is 0.412 e. The molecule has 2 saturated carbocycles. The molecular weight excluding hydrogens is 924 g/mol. The lowest BCUT2D eigenvalue weighted by Crippen LogP contribution is -2.59. The zero-order valence-electron chi connectivity index (χ0n) is 37.9. The summed E-state index contributed by atoms with van der Waals surface area (Å²) in [6.07, 6.45) is -1.57. The molecule has 12 nitrogen and oxygen atoms in total. The van der Waals surface area contributed by atoms with Crippen LogP contribution in [-0.2, 0) is 23.4 Å². The first kappa shape index (κ1) is 49.8. The normalized spacial score (nSPS) is 28.3. The van der Waals surface area contributed by atoms with E-state index in [9.17, 15) is 46.0 Å². The topological polar surface area (TPSA) is 141 Å². The lowest BCUT2D eigenvalue weighted by molar-refractivity contribution is -0.154. The highest BCUT2D eigenvalue weighted by Gasteiger charge is 2.59. The second-order valence-electron chi connectivity index (χ2n) is 19.3. The lowest BCUT2D eigenvalue weighted by atomic mass is 9.92. The average molecular weight is 984 g/mol. The molecule has 2 aliphatic carbocycles. The maximum absolute atomic E-state index is 16.3. The molecule has 3 saturated heterocycles. The summed E-state index contributed by atoms with van der Waals surface area (Å²) in [5.41, 5.74) is 0.589. The molecule has 1 aromatic heterocycles. The van der Waals surface area contributed by atoms with E-state index in [0.717, 1.165) is 36.2 Å². The average Bonchev–Trinajstić information content (AvgIpc) is 3.61. The molecule has 5 fully saturated rings. The van der Waals surface area contributed by atoms with E-state index in [-0.39, 0.29) is 71.8 Å². The molecule has 2 aromatic carbocycles. The minimum absolute atomic E-state index is 0.0792. The number of alkyl halides is 6. The Morgan fingerprint density at radius 2 is 1.76 bits per heavy atom. The predicted molar refractivity (Wildman–Crippen MR) is 241 cm³/mol. The molecule has 20 heteroatoms. The van der Waals surface area contributed by atoms with E-state index in [1.165, 1.54) is 31.2 Å². The first-order valence-corrected chi connectivity index (χ1v) is 25.9. The lowest BCUT2D eigenvalue weighted by Gasteiger charge is -2.42. The van der Waals surface area contributed by atoms with Crippen molar-refractivity contribution in [3.8, 4) is 0 Å². The van der Waals surface area contributed by atoms with Gasteiger partial charge in [-0.05, 0) is 113 Å². The van der Waals surface area contributed by atoms with Crippen molar-refractivity contribution in [2.75, 3.05) is 26.8 Å². The van der Waals surface area contributed by atoms with Gasteiger partial charge in [0.1, 0.15) is 12.1 Å². The predicted octanol–water partition coefficient (Wildman–Crippen LogP) is 9.04. The van der Waals surface area contributed by atoms with Crippen LogP contribution >= 0.6 is 18.9 Å². The summed E-state index contributed by atoms with van der Waals surface area (Å²) in [7, 11) is -3.19. The SMILES string of the molecule is CCCOC(O)[C@H](C)NP(=O)(OCC(F)(F)F)[C@H](F)c1ccc2sc(C(=O)NC3CC[C@H](N(C)[C@H]4CCC(F)(F)C4)C[C@H]4CC[C@@H](C(=O)N5C[C@H](c6ccccc6)CC56CC6)N4C3=O)cc2c1. The van der Waals surface area contributed by atoms with Crippen LogP contribution < -0.4 is 10.4 Å². The van der Waals surface area contributed by atoms with Crippen LogP contribution in [0.5, 0.6) is 0 Å². The molecule has 0 bridgehead atoms. The van der Waals surface area contributed by atoms with E-state index in [1.807, 2.05) is 35.0 Å². The van der Waals surface area contributed by atoms with Crippen molar-refractivity contribution >= 4 is 46.7 Å². The molecule has 3 aliphatic heterocycles. The Morgan fingerprint density at radius 3 is 2.43 bits per heavy atom. The number of ether oxygens (including phenoxy) is 1. The first-order chi connectivity index (χ1) is 31.7. The highest BCUT2D eigenvalue weighted by Crippen LogP contribution is 2.59. The summed E-state index contributed by atoms with van der Waals surface area (Å²) in [4.78, 5) is 49.6. The summed E-state index contributed by atoms with van der Waals surface area (Å²) in [6.45, 7) is 1.61. The third kappa shape index (κ3) is 10.9. The number of carbonyl (C=O) groups excluding carboxylic acids is 3. The van der Waals surface area contributed by atoms with Crippen molar-refractivity contribution in [3.05, 3.63) is 70.6 Å². The fourth-order valence-electron chi connectivity index (χ4n) is 10.8. The number of thiophene rings is 1. The zero-order valence-corrected chi connectivity index (χ0v) is 39.6. The molecule has 3 amide bonds. The number of hydrogen-bond donors (Lipinski definition) is 3. The van der Waals surface area contributed by atoms with Crippen LogP contribution in [0.4, 0.5) is 26.3 Å². The third-order valence-corrected chi connectivity index (χ3v) is 17.8. The molecule has 3 unspecified atom stereocenters. The van der Waals surface area contributed by atoms with Crippen LogP contribution in [0, 0.1) is 0 Å². The van der Waals surface area contributed by atoms with Gasteiger partial charge in [-0.25, -0.2) is 18.3 Å². The molecule has 368 valence electrons. The summed E-state index contributed by atoms with van der Waals surface area (Å²) in [5, 5.41) is 15.8. The monoisotopic (exact) mass is 983 g/mol. The number of amides is 3. The van der Waals surface area contributed by atoms with Gasteiger partial charge in [0, 0.05) is 60.3 Å². The maximum Gasteiger partial charge on any atom is 0.412 e. The number of nitrogens with zero attached hydrogens (tertiary/aromatic N) is 3. The highest BCUT2D eigenvalue weighted by molar-refractivity contribution is 7.57. The van der Waals surface area contributed by atoms with Crippen molar-refractivity contribution in [2.45, 2.75) is 163 Å². The fraction of sp³-hybridized carbons (Fsp3) is 0.638. The van der Waals surface area contributed by atoms with Crippen LogP contribution in [-0.4, -0.2) is 125 Å². The standard InChI is InChI=1S/C47H60F6N5O7PS/c1-4-20-64-44(62)28(2)55-66(63,65-27-47(51,52)53)40(48)30-10-15-38-31(21-30)22-39(67-38)41(59)54-36-13-11-33(56(3)35-16-17-46(49,50)25-35)23-34-12-14-37(58(34)42(36)60)43(61)57-26-32(24-45(57)18-19-45)29-8-6-5-7-9-29/h5-10,15,21-22,28,32-37,40,44,62H,4,11-14,16-20,23-27H2,1-3H3,(H,54,59)(H,55,63)/t28-,32+,33-,34+,35-,36?,37-,40-,44?,66?/m0/s1. The Hall–Kier alpha value is -3.58. The number of halogens is 6. The number of aliphatic hydroxyl groups excluding tert-OH is 1. The van der Waals surface area contributed by atoms with Gasteiger partial charge in [-0.15, -0.1) is 11.3 Å². The Kier molecular flexibility index (Phi) is 14.6. The Balaban J connectivity index is 1.03. The zero-order chi connectivity index (χ0) is 48.1. The Morgan fingerprint density at radius 1 is 1.01 bits per heavy atom. The molecule has 3 N–H and O–H groups in total. The van der Waals surface area contributed by atoms with Crippen molar-refractivity contribution in [2.24, 2.45) is 0 Å². The smallest absolute Gasteiger partial charge is 0.367 e. The number of benzene rings is 2. The van der Waals surface area contributed by atoms with Gasteiger partial charge in [-0.1, -0.05) is 43.3 Å². The molecule has 67 heavy (non-hydrogen) atoms. The molecular formula is C47H60F6N5O7PS. The van der Waals surface area contributed by atoms with Gasteiger partial charge in [0.2, 0.25) is 23.6 Å². The van der Waals surface area contributed by atoms with Crippen LogP contribution in [0.1, 0.15) is 124 Å². The van der Waals surface area contributed by atoms with E-state index < -0.39 is 68.4 Å². The van der Waals surface area contributed by atoms with Crippen LogP contribution in [0.15, 0.2) is 54.6 Å². The minimum Gasteiger partial charge on any atom is -0.367 e. The molecule has 1 spiro atoms. The van der Waals surface area contributed by atoms with Gasteiger partial charge in [0.15, 0.2) is 12.9 Å². The van der Waals surface area contributed by atoms with Crippen molar-refractivity contribution < 1.29 is 59.7 Å². The second-order valence-corrected chi connectivity index (χ2v) is 22.5. The summed E-state index contributed by atoms with van der Waals surface area (Å²) >= 11 is 1.02. The Labute approximate surface area is 390 Å². The van der Waals surface area contributed by atoms with Crippen molar-refractivity contribution in [3.63, 3.8) is 0 Å². The maximum atomic E-state index is 16.3. The minimum atomic E-state index is -5.04. The van der Waals surface area contributed by atoms with E-state index in [1.54, 1.807) is 11.8 Å². The molecule has 5 aliphatic rings. The van der Waals surface area contributed by atoms with Gasteiger partial charge in [0.25, 0.3) is 5.91 Å². The summed E-state index contributed by atoms with van der Waals surface area (Å²) in [6, 6.07) is 11.3. The van der Waals surface area contributed by atoms with Crippen LogP contribution in [0.3, 0.4) is 0 Å². The Bertz CT molecular complexity index is 2320. The number of hydrogen-bond acceptors (Lipinski definition) is 9. The van der Waals surface area contributed by atoms with E-state index in [2.05, 4.69) is 22.5 Å². The van der Waals surface area contributed by atoms with Gasteiger partial charge < -0.3 is 34.4 Å². The number of nitrogens with one attached hydrogen (secondary N) is 2. The number of likely N-dealkylation sites (tertiary alicyclic amines) is 1. The van der Waals surface area contributed by atoms with E-state index in [0.29, 0.717) is 55.2 Å². The third-order valence-electron chi connectivity index (χ3n) is 14.5. The van der Waals surface area contributed by atoms with Crippen molar-refractivity contribution in [1.82, 2.24) is 25.1 Å². The highest BCUT2D eigenvalue weighted by atomic mass is 32.1. The molecule has 8 rings (SSSR count). The molecule has 4 heterocycles. The van der Waals surface area contributed by atoms with Gasteiger partial charge in [-0.2, -0.15) is 13.2 Å². The van der Waals surface area contributed by atoms with Gasteiger partial charge in [-0.3, -0.25) is 18.9 Å². The molecule has 10 atom stereocenters.